The molecule has 1 amide bonds. The van der Waals surface area contributed by atoms with Crippen molar-refractivity contribution < 1.29 is 28.2 Å². The molecular weight excluding hydrogens is 502 g/mol. The molecule has 38 heavy (non-hydrogen) atoms. The predicted octanol–water partition coefficient (Wildman–Crippen LogP) is 1.50. The molecule has 0 bridgehead atoms. The molecule has 1 unspecified atom stereocenters. The van der Waals surface area contributed by atoms with Crippen LogP contribution < -0.4 is 15.6 Å². The first-order valence-corrected chi connectivity index (χ1v) is 11.5. The third-order valence-electron chi connectivity index (χ3n) is 5.58. The molecule has 2 aromatic carbocycles. The molecule has 0 aliphatic rings. The lowest BCUT2D eigenvalue weighted by Gasteiger charge is -2.13. The highest BCUT2D eigenvalue weighted by atomic mass is 19.3. The topological polar surface area (TPSA) is 155 Å². The number of aromatic amines is 1. The number of halogens is 2. The Hall–Kier alpha value is -4.41. The van der Waals surface area contributed by atoms with Gasteiger partial charge in [0.1, 0.15) is 30.8 Å². The van der Waals surface area contributed by atoms with Crippen LogP contribution in [0.3, 0.4) is 0 Å². The minimum absolute atomic E-state index is 0.00268. The number of H-pyrrole nitrogens is 1. The number of nitrogens with one attached hydrogen (secondary N) is 2. The van der Waals surface area contributed by atoms with E-state index in [1.807, 2.05) is 6.07 Å². The molecule has 3 N–H and O–H groups in total. The van der Waals surface area contributed by atoms with E-state index in [0.717, 1.165) is 4.68 Å². The number of nitriles is 1. The molecule has 4 aromatic rings. The molecule has 0 spiro atoms. The first-order valence-electron chi connectivity index (χ1n) is 11.5. The number of fused-ring (bicyclic) bond motifs is 2. The second kappa shape index (κ2) is 11.8. The molecule has 0 fully saturated rings. The average molecular weight is 527 g/mol. The number of aliphatic hydroxyl groups excluding tert-OH is 1. The number of alkyl halides is 2. The zero-order chi connectivity index (χ0) is 27.2. The van der Waals surface area contributed by atoms with E-state index < -0.39 is 30.6 Å². The van der Waals surface area contributed by atoms with Gasteiger partial charge in [0.25, 0.3) is 12.0 Å². The third-order valence-corrected chi connectivity index (χ3v) is 5.58. The quantitative estimate of drug-likeness (QED) is 0.266. The van der Waals surface area contributed by atoms with Crippen LogP contribution in [0.5, 0.6) is 5.75 Å². The highest BCUT2D eigenvalue weighted by Crippen LogP contribution is 2.26. The van der Waals surface area contributed by atoms with Crippen molar-refractivity contribution in [1.29, 1.82) is 5.26 Å². The molecule has 1 atom stereocenters. The van der Waals surface area contributed by atoms with Gasteiger partial charge in [0.2, 0.25) is 5.91 Å². The van der Waals surface area contributed by atoms with Gasteiger partial charge in [-0.2, -0.15) is 10.4 Å². The van der Waals surface area contributed by atoms with Crippen LogP contribution in [0.4, 0.5) is 8.78 Å². The molecule has 4 rings (SSSR count). The van der Waals surface area contributed by atoms with Crippen LogP contribution in [-0.2, 0) is 22.5 Å². The number of methoxy groups -OCH3 is 1. The van der Waals surface area contributed by atoms with Crippen LogP contribution in [0, 0.1) is 11.3 Å². The van der Waals surface area contributed by atoms with Gasteiger partial charge < -0.3 is 24.9 Å². The summed E-state index contributed by atoms with van der Waals surface area (Å²) in [6, 6.07) is 11.6. The number of hydrogen-bond donors (Lipinski definition) is 3. The first kappa shape index (κ1) is 26.6. The van der Waals surface area contributed by atoms with Crippen LogP contribution in [-0.4, -0.2) is 70.2 Å². The smallest absolute Gasteiger partial charge is 0.275 e. The molecule has 0 saturated carbocycles. The summed E-state index contributed by atoms with van der Waals surface area (Å²) in [6.07, 6.45) is -3.45. The maximum atomic E-state index is 13.0. The van der Waals surface area contributed by atoms with Gasteiger partial charge in [-0.1, -0.05) is 18.2 Å². The molecule has 13 heteroatoms. The van der Waals surface area contributed by atoms with Gasteiger partial charge in [-0.15, -0.1) is 0 Å². The highest BCUT2D eigenvalue weighted by Gasteiger charge is 2.17. The van der Waals surface area contributed by atoms with Crippen molar-refractivity contribution in [3.8, 4) is 11.8 Å². The molecule has 0 saturated heterocycles. The Kier molecular flexibility index (Phi) is 8.25. The number of nitrogens with zero attached hydrogens (tertiary/aromatic N) is 4. The molecule has 0 aliphatic heterocycles. The zero-order valence-corrected chi connectivity index (χ0v) is 20.3. The van der Waals surface area contributed by atoms with E-state index in [1.165, 1.54) is 19.2 Å². The van der Waals surface area contributed by atoms with Gasteiger partial charge in [-0.25, -0.2) is 18.4 Å². The van der Waals surface area contributed by atoms with Crippen LogP contribution in [0.15, 0.2) is 41.2 Å². The maximum absolute atomic E-state index is 13.0. The second-order valence-corrected chi connectivity index (χ2v) is 8.41. The summed E-state index contributed by atoms with van der Waals surface area (Å²) in [4.78, 5) is 33.0. The predicted molar refractivity (Wildman–Crippen MR) is 132 cm³/mol. The van der Waals surface area contributed by atoms with Crippen LogP contribution in [0.1, 0.15) is 17.1 Å². The van der Waals surface area contributed by atoms with Gasteiger partial charge in [0.05, 0.1) is 46.8 Å². The van der Waals surface area contributed by atoms with E-state index in [1.54, 1.807) is 24.3 Å². The van der Waals surface area contributed by atoms with Crippen molar-refractivity contribution in [1.82, 2.24) is 25.1 Å². The summed E-state index contributed by atoms with van der Waals surface area (Å²) in [5, 5.41) is 27.0. The Morgan fingerprint density at radius 1 is 1.26 bits per heavy atom. The fourth-order valence-corrected chi connectivity index (χ4v) is 3.91. The summed E-state index contributed by atoms with van der Waals surface area (Å²) in [5.41, 5.74) is 0.969. The fraction of sp³-hybridized carbons (Fsp3) is 0.320. The number of hydrogen-bond acceptors (Lipinski definition) is 8. The van der Waals surface area contributed by atoms with Gasteiger partial charge in [0, 0.05) is 25.1 Å². The Morgan fingerprint density at radius 3 is 2.74 bits per heavy atom. The SMILES string of the molecule is COCC(O)CNC(=O)Cn1nc(Cc2nc3cc(OCC(F)F)c(C#N)cc3[nH]2)c2ccccc2c1=O. The molecule has 0 aliphatic carbocycles. The number of aliphatic hydroxyl groups is 1. The molecule has 11 nitrogen and oxygen atoms in total. The van der Waals surface area contributed by atoms with Gasteiger partial charge in [-0.05, 0) is 12.1 Å². The largest absolute Gasteiger partial charge is 0.486 e. The van der Waals surface area contributed by atoms with E-state index in [-0.39, 0.29) is 37.4 Å². The summed E-state index contributed by atoms with van der Waals surface area (Å²) in [7, 11) is 1.43. The lowest BCUT2D eigenvalue weighted by molar-refractivity contribution is -0.122. The van der Waals surface area contributed by atoms with Crippen molar-refractivity contribution in [2.24, 2.45) is 0 Å². The molecular formula is C25H24F2N6O5. The number of aromatic nitrogens is 4. The van der Waals surface area contributed by atoms with Crippen molar-refractivity contribution in [3.05, 3.63) is 63.8 Å². The number of imidazole rings is 1. The maximum Gasteiger partial charge on any atom is 0.275 e. The standard InChI is InChI=1S/C25H24F2N6O5/c1-37-12-15(34)10-29-24(35)11-33-25(36)17-5-3-2-4-16(17)18(32-33)8-23-30-19-6-14(9-28)21(7-20(19)31-23)38-13-22(26)27/h2-7,15,22,34H,8,10-13H2,1H3,(H,29,35)(H,30,31). The van der Waals surface area contributed by atoms with Crippen LogP contribution in [0.25, 0.3) is 21.8 Å². The van der Waals surface area contributed by atoms with Gasteiger partial charge in [0.15, 0.2) is 0 Å². The van der Waals surface area contributed by atoms with Crippen LogP contribution >= 0.6 is 0 Å². The number of ether oxygens (including phenoxy) is 2. The summed E-state index contributed by atoms with van der Waals surface area (Å²) in [5.74, 6) is -0.0814. The average Bonchev–Trinajstić information content (AvgIpc) is 3.29. The van der Waals surface area contributed by atoms with Crippen molar-refractivity contribution >= 4 is 27.7 Å². The Bertz CT molecular complexity index is 1560. The van der Waals surface area contributed by atoms with E-state index >= 15 is 0 Å². The third kappa shape index (κ3) is 6.10. The summed E-state index contributed by atoms with van der Waals surface area (Å²) in [6.45, 7) is -1.22. The van der Waals surface area contributed by atoms with E-state index in [9.17, 15) is 28.7 Å². The summed E-state index contributed by atoms with van der Waals surface area (Å²) < 4.78 is 36.1. The highest BCUT2D eigenvalue weighted by molar-refractivity contribution is 5.85. The minimum Gasteiger partial charge on any atom is -0.486 e. The first-order chi connectivity index (χ1) is 18.3. The van der Waals surface area contributed by atoms with Gasteiger partial charge in [-0.3, -0.25) is 9.59 Å². The van der Waals surface area contributed by atoms with Crippen LogP contribution in [0.2, 0.25) is 0 Å². The summed E-state index contributed by atoms with van der Waals surface area (Å²) >= 11 is 0. The number of amides is 1. The fourth-order valence-electron chi connectivity index (χ4n) is 3.91. The number of benzene rings is 2. The van der Waals surface area contributed by atoms with Crippen molar-refractivity contribution in [3.63, 3.8) is 0 Å². The number of carbonyl (C=O) groups is 1. The second-order valence-electron chi connectivity index (χ2n) is 8.41. The lowest BCUT2D eigenvalue weighted by Crippen LogP contribution is -2.39. The van der Waals surface area contributed by atoms with Gasteiger partial charge >= 0.3 is 0 Å². The molecule has 0 radical (unpaired) electrons. The zero-order valence-electron chi connectivity index (χ0n) is 20.3. The van der Waals surface area contributed by atoms with E-state index in [4.69, 9.17) is 9.47 Å². The Labute approximate surface area is 214 Å². The molecule has 2 aromatic heterocycles. The van der Waals surface area contributed by atoms with E-state index in [0.29, 0.717) is 33.3 Å². The normalized spacial score (nSPS) is 12.1. The molecule has 198 valence electrons. The Balaban J connectivity index is 1.64. The van der Waals surface area contributed by atoms with E-state index in [2.05, 4.69) is 20.4 Å². The minimum atomic E-state index is -2.69. The monoisotopic (exact) mass is 526 g/mol. The Morgan fingerprint density at radius 2 is 2.03 bits per heavy atom. The van der Waals surface area contributed by atoms with Crippen molar-refractivity contribution in [2.75, 3.05) is 26.9 Å². The molecule has 2 heterocycles. The lowest BCUT2D eigenvalue weighted by atomic mass is 10.1. The van der Waals surface area contributed by atoms with Crippen molar-refractivity contribution in [2.45, 2.75) is 25.5 Å². The number of carbonyl (C=O) groups excluding carboxylic acids is 1. The number of rotatable bonds is 11.